The fourth-order valence-corrected chi connectivity index (χ4v) is 2.36. The van der Waals surface area contributed by atoms with Gasteiger partial charge in [0.1, 0.15) is 30.8 Å². The monoisotopic (exact) mass is 380 g/mol. The molecule has 0 saturated heterocycles. The Balaban J connectivity index is 1.68. The highest BCUT2D eigenvalue weighted by molar-refractivity contribution is 6.30. The first-order valence-corrected chi connectivity index (χ1v) is 8.44. The number of halogens is 1. The zero-order chi connectivity index (χ0) is 18.9. The molecule has 1 atom stereocenters. The summed E-state index contributed by atoms with van der Waals surface area (Å²) in [5, 5.41) is 21.4. The van der Waals surface area contributed by atoms with Crippen LogP contribution < -0.4 is 9.47 Å². The van der Waals surface area contributed by atoms with Gasteiger partial charge in [-0.1, -0.05) is 17.7 Å². The number of nitro groups is 1. The third-order valence-electron chi connectivity index (χ3n) is 3.55. The van der Waals surface area contributed by atoms with Gasteiger partial charge in [-0.15, -0.1) is 0 Å². The van der Waals surface area contributed by atoms with E-state index in [9.17, 15) is 15.2 Å². The standard InChI is InChI=1S/C18H21ClN2O5/c1-20(9-10-25-17-7-5-14(19)6-8-17)12-16(22)13-26-18-4-2-3-15(11-18)21(23)24/h2-8,11,16,22H,9-10,12-13H2,1H3. The molecule has 0 aliphatic heterocycles. The number of non-ortho nitro benzene ring substituents is 1. The summed E-state index contributed by atoms with van der Waals surface area (Å²) in [5.41, 5.74) is -0.0477. The first kappa shape index (κ1) is 20.0. The quantitative estimate of drug-likeness (QED) is 0.503. The van der Waals surface area contributed by atoms with Gasteiger partial charge in [0.2, 0.25) is 0 Å². The van der Waals surface area contributed by atoms with Crippen LogP contribution in [-0.2, 0) is 0 Å². The summed E-state index contributed by atoms with van der Waals surface area (Å²) in [6, 6.07) is 13.0. The van der Waals surface area contributed by atoms with Gasteiger partial charge >= 0.3 is 0 Å². The van der Waals surface area contributed by atoms with Crippen LogP contribution in [0.5, 0.6) is 11.5 Å². The Hall–Kier alpha value is -2.35. The van der Waals surface area contributed by atoms with E-state index >= 15 is 0 Å². The van der Waals surface area contributed by atoms with Crippen LogP contribution in [0.1, 0.15) is 0 Å². The Morgan fingerprint density at radius 2 is 1.92 bits per heavy atom. The number of rotatable bonds is 10. The number of ether oxygens (including phenoxy) is 2. The molecule has 2 aromatic carbocycles. The summed E-state index contributed by atoms with van der Waals surface area (Å²) in [5.74, 6) is 1.09. The molecule has 0 fully saturated rings. The van der Waals surface area contributed by atoms with Crippen molar-refractivity contribution in [2.45, 2.75) is 6.10 Å². The van der Waals surface area contributed by atoms with Crippen LogP contribution in [0.2, 0.25) is 5.02 Å². The molecular weight excluding hydrogens is 360 g/mol. The van der Waals surface area contributed by atoms with Crippen molar-refractivity contribution in [1.29, 1.82) is 0 Å². The number of nitrogens with zero attached hydrogens (tertiary/aromatic N) is 2. The van der Waals surface area contributed by atoms with E-state index in [0.29, 0.717) is 30.5 Å². The Bertz CT molecular complexity index is 711. The average molecular weight is 381 g/mol. The smallest absolute Gasteiger partial charge is 0.273 e. The van der Waals surface area contributed by atoms with Crippen LogP contribution in [0, 0.1) is 10.1 Å². The number of aliphatic hydroxyl groups excluding tert-OH is 1. The minimum atomic E-state index is -0.727. The molecule has 1 unspecified atom stereocenters. The molecule has 0 amide bonds. The Kier molecular flexibility index (Phi) is 7.65. The van der Waals surface area contributed by atoms with Gasteiger partial charge in [-0.25, -0.2) is 0 Å². The van der Waals surface area contributed by atoms with E-state index in [0.717, 1.165) is 5.75 Å². The summed E-state index contributed by atoms with van der Waals surface area (Å²) >= 11 is 5.81. The molecule has 0 radical (unpaired) electrons. The van der Waals surface area contributed by atoms with Crippen molar-refractivity contribution in [3.8, 4) is 11.5 Å². The Morgan fingerprint density at radius 3 is 2.62 bits per heavy atom. The highest BCUT2D eigenvalue weighted by Gasteiger charge is 2.11. The molecule has 0 aromatic heterocycles. The van der Waals surface area contributed by atoms with Crippen molar-refractivity contribution in [3.63, 3.8) is 0 Å². The van der Waals surface area contributed by atoms with Crippen LogP contribution in [0.25, 0.3) is 0 Å². The van der Waals surface area contributed by atoms with Crippen LogP contribution >= 0.6 is 11.6 Å². The van der Waals surface area contributed by atoms with Gasteiger partial charge in [0.15, 0.2) is 0 Å². The first-order valence-electron chi connectivity index (χ1n) is 8.06. The topological polar surface area (TPSA) is 85.1 Å². The van der Waals surface area contributed by atoms with E-state index in [1.807, 2.05) is 11.9 Å². The van der Waals surface area contributed by atoms with E-state index in [-0.39, 0.29) is 12.3 Å². The van der Waals surface area contributed by atoms with E-state index in [1.54, 1.807) is 36.4 Å². The third-order valence-corrected chi connectivity index (χ3v) is 3.80. The fourth-order valence-electron chi connectivity index (χ4n) is 2.23. The molecular formula is C18H21ClN2O5. The fraction of sp³-hybridized carbons (Fsp3) is 0.333. The molecule has 0 spiro atoms. The largest absolute Gasteiger partial charge is 0.492 e. The summed E-state index contributed by atoms with van der Waals surface area (Å²) in [6.07, 6.45) is -0.727. The van der Waals surface area contributed by atoms with Crippen molar-refractivity contribution in [2.24, 2.45) is 0 Å². The molecule has 0 heterocycles. The molecule has 0 bridgehead atoms. The molecule has 2 rings (SSSR count). The number of hydrogen-bond acceptors (Lipinski definition) is 6. The van der Waals surface area contributed by atoms with Gasteiger partial charge in [-0.05, 0) is 37.4 Å². The summed E-state index contributed by atoms with van der Waals surface area (Å²) in [7, 11) is 1.86. The van der Waals surface area contributed by atoms with Gasteiger partial charge in [0, 0.05) is 24.2 Å². The molecule has 140 valence electrons. The van der Waals surface area contributed by atoms with Crippen LogP contribution in [0.3, 0.4) is 0 Å². The second kappa shape index (κ2) is 9.96. The van der Waals surface area contributed by atoms with E-state index < -0.39 is 11.0 Å². The van der Waals surface area contributed by atoms with Gasteiger partial charge in [0.05, 0.1) is 11.0 Å². The lowest BCUT2D eigenvalue weighted by Gasteiger charge is -2.20. The highest BCUT2D eigenvalue weighted by atomic mass is 35.5. The molecule has 2 aromatic rings. The van der Waals surface area contributed by atoms with Crippen LogP contribution in [-0.4, -0.2) is 54.4 Å². The molecule has 7 nitrogen and oxygen atoms in total. The molecule has 0 aliphatic rings. The Morgan fingerprint density at radius 1 is 1.19 bits per heavy atom. The van der Waals surface area contributed by atoms with Gasteiger partial charge in [-0.3, -0.25) is 10.1 Å². The van der Waals surface area contributed by atoms with E-state index in [4.69, 9.17) is 21.1 Å². The van der Waals surface area contributed by atoms with Crippen molar-refractivity contribution >= 4 is 17.3 Å². The minimum absolute atomic E-state index is 0.0452. The maximum Gasteiger partial charge on any atom is 0.273 e. The third kappa shape index (κ3) is 6.87. The molecule has 1 N–H and O–H groups in total. The van der Waals surface area contributed by atoms with Gasteiger partial charge in [-0.2, -0.15) is 0 Å². The zero-order valence-corrected chi connectivity index (χ0v) is 15.1. The summed E-state index contributed by atoms with van der Waals surface area (Å²) in [4.78, 5) is 12.2. The first-order chi connectivity index (χ1) is 12.4. The van der Waals surface area contributed by atoms with Crippen molar-refractivity contribution in [1.82, 2.24) is 4.90 Å². The van der Waals surface area contributed by atoms with Crippen LogP contribution in [0.15, 0.2) is 48.5 Å². The van der Waals surface area contributed by atoms with Crippen molar-refractivity contribution < 1.29 is 19.5 Å². The lowest BCUT2D eigenvalue weighted by molar-refractivity contribution is -0.384. The predicted molar refractivity (Wildman–Crippen MR) is 99.0 cm³/mol. The SMILES string of the molecule is CN(CCOc1ccc(Cl)cc1)CC(O)COc1cccc([N+](=O)[O-])c1. The van der Waals surface area contributed by atoms with Crippen molar-refractivity contribution in [3.05, 3.63) is 63.7 Å². The summed E-state index contributed by atoms with van der Waals surface area (Å²) in [6.45, 7) is 1.52. The van der Waals surface area contributed by atoms with E-state index in [1.165, 1.54) is 12.1 Å². The lowest BCUT2D eigenvalue weighted by Crippen LogP contribution is -2.35. The number of aliphatic hydroxyl groups is 1. The molecule has 26 heavy (non-hydrogen) atoms. The predicted octanol–water partition coefficient (Wildman–Crippen LogP) is 3.00. The van der Waals surface area contributed by atoms with Crippen molar-refractivity contribution in [2.75, 3.05) is 33.4 Å². The van der Waals surface area contributed by atoms with E-state index in [2.05, 4.69) is 0 Å². The maximum absolute atomic E-state index is 10.7. The second-order valence-electron chi connectivity index (χ2n) is 5.78. The van der Waals surface area contributed by atoms with Gasteiger partial charge < -0.3 is 19.5 Å². The minimum Gasteiger partial charge on any atom is -0.492 e. The van der Waals surface area contributed by atoms with Gasteiger partial charge in [0.25, 0.3) is 5.69 Å². The molecule has 0 saturated carbocycles. The normalized spacial score (nSPS) is 12.0. The Labute approximate surface area is 156 Å². The summed E-state index contributed by atoms with van der Waals surface area (Å²) < 4.78 is 11.0. The van der Waals surface area contributed by atoms with Crippen LogP contribution in [0.4, 0.5) is 5.69 Å². The average Bonchev–Trinajstić information content (AvgIpc) is 2.62. The number of nitro benzene ring substituents is 1. The molecule has 8 heteroatoms. The number of likely N-dealkylation sites (N-methyl/N-ethyl adjacent to an activating group) is 1. The second-order valence-corrected chi connectivity index (χ2v) is 6.22. The number of benzene rings is 2. The number of hydrogen-bond donors (Lipinski definition) is 1. The highest BCUT2D eigenvalue weighted by Crippen LogP contribution is 2.19. The zero-order valence-electron chi connectivity index (χ0n) is 14.4. The molecule has 0 aliphatic carbocycles. The maximum atomic E-state index is 10.7. The lowest BCUT2D eigenvalue weighted by atomic mass is 10.3.